The smallest absolute Gasteiger partial charge is 0.220 e. The average Bonchev–Trinajstić information content (AvgIpc) is 2.80. The second-order valence-corrected chi connectivity index (χ2v) is 5.15. The lowest BCUT2D eigenvalue weighted by atomic mass is 9.96. The molecule has 3 unspecified atom stereocenters. The van der Waals surface area contributed by atoms with E-state index in [0.29, 0.717) is 37.3 Å². The summed E-state index contributed by atoms with van der Waals surface area (Å²) in [6.45, 7) is 3.60. The molecule has 17 heavy (non-hydrogen) atoms. The Morgan fingerprint density at radius 1 is 1.47 bits per heavy atom. The van der Waals surface area contributed by atoms with Crippen LogP contribution in [0.4, 0.5) is 0 Å². The predicted octanol–water partition coefficient (Wildman–Crippen LogP) is 0.886. The van der Waals surface area contributed by atoms with Crippen molar-refractivity contribution in [2.24, 2.45) is 23.5 Å². The van der Waals surface area contributed by atoms with Gasteiger partial charge in [0.15, 0.2) is 0 Å². The first-order valence-corrected chi connectivity index (χ1v) is 6.78. The third kappa shape index (κ3) is 4.64. The van der Waals surface area contributed by atoms with Crippen molar-refractivity contribution in [3.63, 3.8) is 0 Å². The fourth-order valence-corrected chi connectivity index (χ4v) is 2.60. The van der Waals surface area contributed by atoms with Gasteiger partial charge in [-0.1, -0.05) is 19.8 Å². The van der Waals surface area contributed by atoms with Gasteiger partial charge in [0, 0.05) is 19.6 Å². The minimum atomic E-state index is 0.103. The molecule has 0 aromatic carbocycles. The fourth-order valence-electron chi connectivity index (χ4n) is 2.60. The Balaban J connectivity index is 2.23. The summed E-state index contributed by atoms with van der Waals surface area (Å²) in [6.07, 6.45) is 4.87. The molecule has 0 aromatic rings. The van der Waals surface area contributed by atoms with Crippen LogP contribution in [-0.2, 0) is 4.79 Å². The second kappa shape index (κ2) is 7.67. The Morgan fingerprint density at radius 2 is 2.18 bits per heavy atom. The van der Waals surface area contributed by atoms with E-state index in [2.05, 4.69) is 12.2 Å². The number of nitrogens with one attached hydrogen (secondary N) is 1. The standard InChI is InChI=1S/C13H26N2O2/c1-2-10(7-14)6-13(17)15-8-11-4-3-5-12(11)9-16/h10-12,16H,2-9,14H2,1H3,(H,15,17). The molecule has 100 valence electrons. The number of hydrogen-bond acceptors (Lipinski definition) is 3. The van der Waals surface area contributed by atoms with E-state index < -0.39 is 0 Å². The molecule has 1 amide bonds. The highest BCUT2D eigenvalue weighted by atomic mass is 16.3. The highest BCUT2D eigenvalue weighted by molar-refractivity contribution is 5.76. The van der Waals surface area contributed by atoms with Crippen molar-refractivity contribution in [2.45, 2.75) is 39.0 Å². The van der Waals surface area contributed by atoms with Crippen LogP contribution in [0.15, 0.2) is 0 Å². The van der Waals surface area contributed by atoms with Gasteiger partial charge in [-0.05, 0) is 37.1 Å². The number of carbonyl (C=O) groups excluding carboxylic acids is 1. The van der Waals surface area contributed by atoms with Crippen LogP contribution in [0.5, 0.6) is 0 Å². The normalized spacial score (nSPS) is 25.8. The van der Waals surface area contributed by atoms with Crippen molar-refractivity contribution < 1.29 is 9.90 Å². The first-order valence-electron chi connectivity index (χ1n) is 6.78. The van der Waals surface area contributed by atoms with Gasteiger partial charge in [0.1, 0.15) is 0 Å². The van der Waals surface area contributed by atoms with Gasteiger partial charge in [0.2, 0.25) is 5.91 Å². The molecule has 0 heterocycles. The molecule has 4 N–H and O–H groups in total. The molecule has 0 aliphatic heterocycles. The third-order valence-electron chi connectivity index (χ3n) is 4.00. The summed E-state index contributed by atoms with van der Waals surface area (Å²) < 4.78 is 0. The summed E-state index contributed by atoms with van der Waals surface area (Å²) in [7, 11) is 0. The first kappa shape index (κ1) is 14.5. The Morgan fingerprint density at radius 3 is 2.76 bits per heavy atom. The maximum absolute atomic E-state index is 11.7. The molecule has 1 fully saturated rings. The number of aliphatic hydroxyl groups excluding tert-OH is 1. The largest absolute Gasteiger partial charge is 0.396 e. The second-order valence-electron chi connectivity index (χ2n) is 5.15. The van der Waals surface area contributed by atoms with Crippen LogP contribution in [0.25, 0.3) is 0 Å². The summed E-state index contributed by atoms with van der Waals surface area (Å²) >= 11 is 0. The van der Waals surface area contributed by atoms with E-state index in [1.54, 1.807) is 0 Å². The van der Waals surface area contributed by atoms with E-state index in [9.17, 15) is 9.90 Å². The molecule has 1 rings (SSSR count). The highest BCUT2D eigenvalue weighted by Gasteiger charge is 2.26. The molecular formula is C13H26N2O2. The summed E-state index contributed by atoms with van der Waals surface area (Å²) in [5.41, 5.74) is 5.58. The van der Waals surface area contributed by atoms with Crippen molar-refractivity contribution in [3.05, 3.63) is 0 Å². The van der Waals surface area contributed by atoms with Crippen LogP contribution in [-0.4, -0.2) is 30.7 Å². The molecule has 0 aromatic heterocycles. The van der Waals surface area contributed by atoms with Gasteiger partial charge in [-0.25, -0.2) is 0 Å². The van der Waals surface area contributed by atoms with Crippen LogP contribution in [0.2, 0.25) is 0 Å². The Hall–Kier alpha value is -0.610. The van der Waals surface area contributed by atoms with Crippen molar-refractivity contribution in [1.29, 1.82) is 0 Å². The van der Waals surface area contributed by atoms with Gasteiger partial charge in [-0.15, -0.1) is 0 Å². The SMILES string of the molecule is CCC(CN)CC(=O)NCC1CCCC1CO. The number of hydrogen-bond donors (Lipinski definition) is 3. The molecule has 1 saturated carbocycles. The molecule has 0 spiro atoms. The van der Waals surface area contributed by atoms with E-state index in [1.165, 1.54) is 6.42 Å². The molecular weight excluding hydrogens is 216 g/mol. The zero-order valence-corrected chi connectivity index (χ0v) is 10.8. The lowest BCUT2D eigenvalue weighted by Gasteiger charge is -2.18. The van der Waals surface area contributed by atoms with Crippen LogP contribution >= 0.6 is 0 Å². The minimum absolute atomic E-state index is 0.103. The summed E-state index contributed by atoms with van der Waals surface area (Å²) in [5, 5.41) is 12.2. The predicted molar refractivity (Wildman–Crippen MR) is 68.4 cm³/mol. The molecule has 3 atom stereocenters. The first-order chi connectivity index (χ1) is 8.21. The molecule has 0 bridgehead atoms. The molecule has 1 aliphatic carbocycles. The summed E-state index contributed by atoms with van der Waals surface area (Å²) in [5.74, 6) is 1.24. The lowest BCUT2D eigenvalue weighted by molar-refractivity contribution is -0.122. The van der Waals surface area contributed by atoms with Gasteiger partial charge >= 0.3 is 0 Å². The van der Waals surface area contributed by atoms with Gasteiger partial charge in [-0.3, -0.25) is 4.79 Å². The zero-order valence-electron chi connectivity index (χ0n) is 10.8. The van der Waals surface area contributed by atoms with Crippen molar-refractivity contribution in [3.8, 4) is 0 Å². The van der Waals surface area contributed by atoms with E-state index in [-0.39, 0.29) is 12.5 Å². The van der Waals surface area contributed by atoms with Gasteiger partial charge in [0.05, 0.1) is 0 Å². The van der Waals surface area contributed by atoms with Crippen molar-refractivity contribution in [1.82, 2.24) is 5.32 Å². The van der Waals surface area contributed by atoms with Crippen LogP contribution in [0.1, 0.15) is 39.0 Å². The average molecular weight is 242 g/mol. The van der Waals surface area contributed by atoms with E-state index in [1.807, 2.05) is 0 Å². The Bertz CT molecular complexity index is 229. The van der Waals surface area contributed by atoms with Crippen molar-refractivity contribution in [2.75, 3.05) is 19.7 Å². The topological polar surface area (TPSA) is 75.4 Å². The number of nitrogens with two attached hydrogens (primary N) is 1. The molecule has 0 radical (unpaired) electrons. The fraction of sp³-hybridized carbons (Fsp3) is 0.923. The molecule has 4 heteroatoms. The monoisotopic (exact) mass is 242 g/mol. The maximum Gasteiger partial charge on any atom is 0.220 e. The van der Waals surface area contributed by atoms with E-state index >= 15 is 0 Å². The lowest BCUT2D eigenvalue weighted by Crippen LogP contribution is -2.33. The Kier molecular flexibility index (Phi) is 6.52. The van der Waals surface area contributed by atoms with Crippen molar-refractivity contribution >= 4 is 5.91 Å². The summed E-state index contributed by atoms with van der Waals surface area (Å²) in [6, 6.07) is 0. The van der Waals surface area contributed by atoms with E-state index in [4.69, 9.17) is 5.73 Å². The van der Waals surface area contributed by atoms with Gasteiger partial charge in [0.25, 0.3) is 0 Å². The van der Waals surface area contributed by atoms with Crippen LogP contribution in [0, 0.1) is 17.8 Å². The minimum Gasteiger partial charge on any atom is -0.396 e. The Labute approximate surface area is 104 Å². The van der Waals surface area contributed by atoms with Gasteiger partial charge < -0.3 is 16.2 Å². The third-order valence-corrected chi connectivity index (χ3v) is 4.00. The number of rotatable bonds is 7. The number of aliphatic hydroxyl groups is 1. The van der Waals surface area contributed by atoms with E-state index in [0.717, 1.165) is 19.3 Å². The van der Waals surface area contributed by atoms with Crippen LogP contribution < -0.4 is 11.1 Å². The molecule has 4 nitrogen and oxygen atoms in total. The number of carbonyl (C=O) groups is 1. The zero-order chi connectivity index (χ0) is 12.7. The quantitative estimate of drug-likeness (QED) is 0.620. The maximum atomic E-state index is 11.7. The molecule has 1 aliphatic rings. The summed E-state index contributed by atoms with van der Waals surface area (Å²) in [4.78, 5) is 11.7. The number of amides is 1. The highest BCUT2D eigenvalue weighted by Crippen LogP contribution is 2.30. The molecule has 0 saturated heterocycles. The van der Waals surface area contributed by atoms with Gasteiger partial charge in [-0.2, -0.15) is 0 Å². The van der Waals surface area contributed by atoms with Crippen LogP contribution in [0.3, 0.4) is 0 Å².